The van der Waals surface area contributed by atoms with Gasteiger partial charge in [0, 0.05) is 0 Å². The van der Waals surface area contributed by atoms with Gasteiger partial charge in [-0.1, -0.05) is 0 Å². The normalized spacial score (nSPS) is 10.2. The minimum Gasteiger partial charge on any atom is -0.726 e. The number of hydrogen-bond acceptors (Lipinski definition) is 4. The van der Waals surface area contributed by atoms with Crippen molar-refractivity contribution in [1.29, 1.82) is 0 Å². The molecular weight excluding hydrogens is 244 g/mol. The largest absolute Gasteiger partial charge is 0.726 e. The highest BCUT2D eigenvalue weighted by Gasteiger charge is 2.00. The predicted octanol–water partition coefficient (Wildman–Crippen LogP) is 0.502. The summed E-state index contributed by atoms with van der Waals surface area (Å²) in [5, 5.41) is 0. The fourth-order valence-electron chi connectivity index (χ4n) is 1.00. The van der Waals surface area contributed by atoms with Crippen LogP contribution in [0.3, 0.4) is 0 Å². The van der Waals surface area contributed by atoms with Crippen molar-refractivity contribution in [3.05, 3.63) is 0 Å². The Morgan fingerprint density at radius 3 is 1.71 bits per heavy atom. The second-order valence-electron chi connectivity index (χ2n) is 3.13. The van der Waals surface area contributed by atoms with Crippen LogP contribution in [0.15, 0.2) is 0 Å². The lowest BCUT2D eigenvalue weighted by atomic mass is 10.5. The SMILES string of the molecule is CCN(C=[N+](CC)CC)CC.COS(=O)(=O)[O-]. The van der Waals surface area contributed by atoms with Crippen LogP contribution in [0.1, 0.15) is 27.7 Å². The lowest BCUT2D eigenvalue weighted by Crippen LogP contribution is -2.28. The molecule has 0 atom stereocenters. The van der Waals surface area contributed by atoms with E-state index in [1.54, 1.807) is 0 Å². The Kier molecular flexibility index (Phi) is 11.5. The molecule has 0 aliphatic heterocycles. The zero-order chi connectivity index (χ0) is 13.9. The molecule has 0 saturated carbocycles. The summed E-state index contributed by atoms with van der Waals surface area (Å²) in [7, 11) is -3.60. The van der Waals surface area contributed by atoms with E-state index in [4.69, 9.17) is 0 Å². The van der Waals surface area contributed by atoms with Gasteiger partial charge in [0.15, 0.2) is 0 Å². The van der Waals surface area contributed by atoms with Crippen LogP contribution in [0.2, 0.25) is 0 Å². The van der Waals surface area contributed by atoms with Crippen molar-refractivity contribution in [3.63, 3.8) is 0 Å². The van der Waals surface area contributed by atoms with Gasteiger partial charge >= 0.3 is 0 Å². The van der Waals surface area contributed by atoms with E-state index in [1.165, 1.54) is 0 Å². The van der Waals surface area contributed by atoms with E-state index in [9.17, 15) is 13.0 Å². The fraction of sp³-hybridized carbons (Fsp3) is 0.900. The maximum Gasteiger partial charge on any atom is 0.234 e. The number of hydrogen-bond donors (Lipinski definition) is 0. The van der Waals surface area contributed by atoms with Crippen molar-refractivity contribution in [1.82, 2.24) is 4.90 Å². The van der Waals surface area contributed by atoms with Gasteiger partial charge in [-0.3, -0.25) is 13.7 Å². The zero-order valence-electron chi connectivity index (χ0n) is 11.3. The molecule has 0 bridgehead atoms. The molecule has 6 nitrogen and oxygen atoms in total. The van der Waals surface area contributed by atoms with Gasteiger partial charge < -0.3 is 4.55 Å². The summed E-state index contributed by atoms with van der Waals surface area (Å²) in [4.78, 5) is 2.31. The standard InChI is InChI=1S/C9H21N2.CH4O4S/c1-5-10(6-2)9-11(7-3)8-4;1-5-6(2,3)4/h9H,5-8H2,1-4H3;1H3,(H,2,3,4)/q+1;/p-1. The minimum absolute atomic E-state index is 0.808. The highest BCUT2D eigenvalue weighted by atomic mass is 32.3. The Labute approximate surface area is 105 Å². The van der Waals surface area contributed by atoms with E-state index in [1.807, 2.05) is 0 Å². The second-order valence-corrected chi connectivity index (χ2v) is 4.28. The quantitative estimate of drug-likeness (QED) is 0.231. The molecule has 0 rings (SSSR count). The van der Waals surface area contributed by atoms with Gasteiger partial charge in [-0.05, 0) is 27.7 Å². The molecule has 0 fully saturated rings. The highest BCUT2D eigenvalue weighted by molar-refractivity contribution is 7.80. The molecule has 104 valence electrons. The van der Waals surface area contributed by atoms with Crippen LogP contribution < -0.4 is 0 Å². The predicted molar refractivity (Wildman–Crippen MR) is 67.0 cm³/mol. The molecule has 0 aromatic rings. The van der Waals surface area contributed by atoms with Crippen LogP contribution in [0.5, 0.6) is 0 Å². The summed E-state index contributed by atoms with van der Waals surface area (Å²) >= 11 is 0. The van der Waals surface area contributed by atoms with Gasteiger partial charge in [0.05, 0.1) is 33.3 Å². The molecule has 0 radical (unpaired) electrons. The summed E-state index contributed by atoms with van der Waals surface area (Å²) in [5.74, 6) is 0. The van der Waals surface area contributed by atoms with E-state index in [2.05, 4.69) is 47.7 Å². The first kappa shape index (κ1) is 18.7. The van der Waals surface area contributed by atoms with Crippen LogP contribution in [0.4, 0.5) is 0 Å². The Morgan fingerprint density at radius 2 is 1.53 bits per heavy atom. The van der Waals surface area contributed by atoms with Crippen LogP contribution in [0, 0.1) is 0 Å². The van der Waals surface area contributed by atoms with E-state index in [-0.39, 0.29) is 0 Å². The van der Waals surface area contributed by atoms with Crippen molar-refractivity contribution in [2.75, 3.05) is 33.3 Å². The lowest BCUT2D eigenvalue weighted by molar-refractivity contribution is -0.520. The zero-order valence-corrected chi connectivity index (χ0v) is 12.2. The van der Waals surface area contributed by atoms with Crippen molar-refractivity contribution in [2.45, 2.75) is 27.7 Å². The third-order valence-corrected chi connectivity index (χ3v) is 2.56. The molecule has 7 heteroatoms. The molecule has 0 saturated heterocycles. The molecule has 0 spiro atoms. The van der Waals surface area contributed by atoms with Gasteiger partial charge in [0.2, 0.25) is 16.7 Å². The van der Waals surface area contributed by atoms with Crippen LogP contribution in [-0.2, 0) is 14.6 Å². The summed E-state index contributed by atoms with van der Waals surface area (Å²) < 4.78 is 33.3. The molecular formula is C10H24N2O4S. The Balaban J connectivity index is 0. The molecule has 0 amide bonds. The summed E-state index contributed by atoms with van der Waals surface area (Å²) in [5.41, 5.74) is 0. The van der Waals surface area contributed by atoms with Gasteiger partial charge in [-0.15, -0.1) is 0 Å². The molecule has 0 unspecified atom stereocenters. The smallest absolute Gasteiger partial charge is 0.234 e. The topological polar surface area (TPSA) is 72.7 Å². The minimum atomic E-state index is -4.41. The van der Waals surface area contributed by atoms with E-state index in [0.29, 0.717) is 0 Å². The molecule has 0 N–H and O–H groups in total. The molecule has 17 heavy (non-hydrogen) atoms. The highest BCUT2D eigenvalue weighted by Crippen LogP contribution is 1.82. The van der Waals surface area contributed by atoms with Crippen LogP contribution in [0.25, 0.3) is 0 Å². The van der Waals surface area contributed by atoms with Crippen LogP contribution >= 0.6 is 0 Å². The Hall–Kier alpha value is -0.660. The first-order valence-electron chi connectivity index (χ1n) is 5.68. The van der Waals surface area contributed by atoms with Crippen molar-refractivity contribution < 1.29 is 21.7 Å². The van der Waals surface area contributed by atoms with E-state index < -0.39 is 10.4 Å². The van der Waals surface area contributed by atoms with Gasteiger partial charge in [0.25, 0.3) is 0 Å². The lowest BCUT2D eigenvalue weighted by Gasteiger charge is -2.09. The van der Waals surface area contributed by atoms with Crippen molar-refractivity contribution >= 4 is 16.7 Å². The molecule has 0 aromatic heterocycles. The Bertz CT molecular complexity index is 291. The van der Waals surface area contributed by atoms with Crippen molar-refractivity contribution in [3.8, 4) is 0 Å². The third-order valence-electron chi connectivity index (χ3n) is 2.16. The Morgan fingerprint density at radius 1 is 1.18 bits per heavy atom. The number of nitrogens with zero attached hydrogens (tertiary/aromatic N) is 2. The average Bonchev–Trinajstić information content (AvgIpc) is 2.31. The second kappa shape index (κ2) is 10.5. The summed E-state index contributed by atoms with van der Waals surface area (Å²) in [6.07, 6.45) is 2.22. The van der Waals surface area contributed by atoms with E-state index >= 15 is 0 Å². The van der Waals surface area contributed by atoms with Gasteiger partial charge in [-0.2, -0.15) is 0 Å². The maximum atomic E-state index is 9.22. The van der Waals surface area contributed by atoms with Crippen molar-refractivity contribution in [2.24, 2.45) is 0 Å². The first-order valence-corrected chi connectivity index (χ1v) is 7.02. The van der Waals surface area contributed by atoms with Crippen LogP contribution in [-0.4, -0.2) is 62.1 Å². The fourth-order valence-corrected chi connectivity index (χ4v) is 1.00. The summed E-state index contributed by atoms with van der Waals surface area (Å²) in [6, 6.07) is 0. The average molecular weight is 268 g/mol. The molecule has 0 aromatic carbocycles. The molecule has 0 aliphatic carbocycles. The molecule has 0 heterocycles. The van der Waals surface area contributed by atoms with Gasteiger partial charge in [0.1, 0.15) is 0 Å². The monoisotopic (exact) mass is 268 g/mol. The maximum absolute atomic E-state index is 9.22. The first-order chi connectivity index (χ1) is 7.84. The van der Waals surface area contributed by atoms with E-state index in [0.717, 1.165) is 33.3 Å². The summed E-state index contributed by atoms with van der Waals surface area (Å²) in [6.45, 7) is 13.2. The molecule has 0 aliphatic rings. The third kappa shape index (κ3) is 13.3. The van der Waals surface area contributed by atoms with Gasteiger partial charge in [-0.25, -0.2) is 8.42 Å². The number of rotatable bonds is 6.